The number of benzene rings is 3. The summed E-state index contributed by atoms with van der Waals surface area (Å²) in [6.07, 6.45) is 0. The second-order valence-electron chi connectivity index (χ2n) is 8.01. The normalized spacial score (nSPS) is 17.1. The Balaban J connectivity index is 1.69. The van der Waals surface area contributed by atoms with Crippen LogP contribution >= 0.6 is 11.3 Å². The lowest BCUT2D eigenvalue weighted by atomic mass is 9.95. The molecule has 0 radical (unpaired) electrons. The number of hydrogen-bond acceptors (Lipinski definition) is 7. The number of carbonyl (C=O) groups is 2. The quantitative estimate of drug-likeness (QED) is 0.213. The number of anilines is 1. The van der Waals surface area contributed by atoms with Gasteiger partial charge in [-0.25, -0.2) is 9.37 Å². The molecule has 5 rings (SSSR count). The molecule has 3 aromatic carbocycles. The summed E-state index contributed by atoms with van der Waals surface area (Å²) in [5.74, 6) is -1.31. The number of aromatic nitrogens is 1. The van der Waals surface area contributed by atoms with Crippen molar-refractivity contribution in [2.75, 3.05) is 18.6 Å². The van der Waals surface area contributed by atoms with Gasteiger partial charge in [-0.2, -0.15) is 0 Å². The van der Waals surface area contributed by atoms with Crippen molar-refractivity contribution in [3.8, 4) is 11.5 Å². The number of aliphatic hydroxyl groups is 1. The molecule has 1 saturated heterocycles. The topological polar surface area (TPSA) is 89.0 Å². The van der Waals surface area contributed by atoms with E-state index in [0.717, 1.165) is 11.3 Å². The first-order valence-electron chi connectivity index (χ1n) is 11.2. The third-order valence-electron chi connectivity index (χ3n) is 5.84. The molecule has 1 fully saturated rings. The molecule has 182 valence electrons. The van der Waals surface area contributed by atoms with Crippen LogP contribution in [0, 0.1) is 5.82 Å². The van der Waals surface area contributed by atoms with Crippen LogP contribution in [0.2, 0.25) is 0 Å². The van der Waals surface area contributed by atoms with E-state index >= 15 is 0 Å². The molecule has 7 nitrogen and oxygen atoms in total. The predicted octanol–water partition coefficient (Wildman–Crippen LogP) is 5.47. The molecular formula is C27H21FN2O5S. The van der Waals surface area contributed by atoms with Crippen molar-refractivity contribution in [1.29, 1.82) is 0 Å². The lowest BCUT2D eigenvalue weighted by molar-refractivity contribution is -0.132. The summed E-state index contributed by atoms with van der Waals surface area (Å²) in [7, 11) is 1.51. The fourth-order valence-corrected chi connectivity index (χ4v) is 5.19. The first-order chi connectivity index (χ1) is 17.4. The minimum absolute atomic E-state index is 0.0807. The standard InChI is InChI=1S/C27H21FN2O5S/c1-3-35-18-10-7-15(8-11-18)24(31)22-23(16-5-4-6-19(13-16)34-2)30(26(33)25(22)32)27-29-20-12-9-17(28)14-21(20)36-27/h4-14,23,31H,3H2,1-2H3/t23-/m1/s1. The number of nitrogens with zero attached hydrogens (tertiary/aromatic N) is 2. The van der Waals surface area contributed by atoms with Crippen LogP contribution in [-0.4, -0.2) is 35.5 Å². The van der Waals surface area contributed by atoms with Gasteiger partial charge in [0.2, 0.25) is 0 Å². The van der Waals surface area contributed by atoms with E-state index in [1.807, 2.05) is 6.92 Å². The summed E-state index contributed by atoms with van der Waals surface area (Å²) in [4.78, 5) is 32.4. The second-order valence-corrected chi connectivity index (χ2v) is 9.02. The van der Waals surface area contributed by atoms with Crippen LogP contribution in [0.1, 0.15) is 24.1 Å². The van der Waals surface area contributed by atoms with Gasteiger partial charge in [-0.05, 0) is 67.1 Å². The number of carbonyl (C=O) groups excluding carboxylic acids is 2. The molecule has 9 heteroatoms. The summed E-state index contributed by atoms with van der Waals surface area (Å²) >= 11 is 1.09. The highest BCUT2D eigenvalue weighted by Crippen LogP contribution is 2.45. The summed E-state index contributed by atoms with van der Waals surface area (Å²) in [6.45, 7) is 2.35. The SMILES string of the molecule is CCOc1ccc(C(O)=C2C(=O)C(=O)N(c3nc4ccc(F)cc4s3)[C@@H]2c2cccc(OC)c2)cc1. The molecule has 1 aliphatic rings. The Morgan fingerprint density at radius 1 is 1.08 bits per heavy atom. The van der Waals surface area contributed by atoms with Crippen LogP contribution in [0.3, 0.4) is 0 Å². The molecule has 0 aliphatic carbocycles. The summed E-state index contributed by atoms with van der Waals surface area (Å²) < 4.78 is 25.1. The van der Waals surface area contributed by atoms with Gasteiger partial charge in [-0.1, -0.05) is 23.5 Å². The van der Waals surface area contributed by atoms with Gasteiger partial charge < -0.3 is 14.6 Å². The fraction of sp³-hybridized carbons (Fsp3) is 0.148. The van der Waals surface area contributed by atoms with E-state index in [1.54, 1.807) is 48.5 Å². The number of thiazole rings is 1. The Morgan fingerprint density at radius 3 is 2.58 bits per heavy atom. The molecule has 4 aromatic rings. The third-order valence-corrected chi connectivity index (χ3v) is 6.86. The summed E-state index contributed by atoms with van der Waals surface area (Å²) in [6, 6.07) is 16.7. The van der Waals surface area contributed by atoms with E-state index in [2.05, 4.69) is 4.98 Å². The van der Waals surface area contributed by atoms with E-state index in [0.29, 0.717) is 39.4 Å². The second kappa shape index (κ2) is 9.43. The zero-order valence-electron chi connectivity index (χ0n) is 19.4. The van der Waals surface area contributed by atoms with Gasteiger partial charge >= 0.3 is 5.91 Å². The van der Waals surface area contributed by atoms with E-state index in [-0.39, 0.29) is 16.5 Å². The Kier molecular flexibility index (Phi) is 6.15. The van der Waals surface area contributed by atoms with E-state index in [1.165, 1.54) is 30.2 Å². The first kappa shape index (κ1) is 23.5. The number of aliphatic hydroxyl groups excluding tert-OH is 1. The first-order valence-corrected chi connectivity index (χ1v) is 12.0. The number of ketones is 1. The molecule has 0 saturated carbocycles. The highest BCUT2D eigenvalue weighted by Gasteiger charge is 2.48. The molecule has 1 aromatic heterocycles. The van der Waals surface area contributed by atoms with Crippen LogP contribution in [0.5, 0.6) is 11.5 Å². The van der Waals surface area contributed by atoms with Crippen LogP contribution in [-0.2, 0) is 9.59 Å². The number of amides is 1. The smallest absolute Gasteiger partial charge is 0.301 e. The summed E-state index contributed by atoms with van der Waals surface area (Å²) in [5, 5.41) is 11.5. The van der Waals surface area contributed by atoms with Crippen molar-refractivity contribution in [2.45, 2.75) is 13.0 Å². The van der Waals surface area contributed by atoms with Crippen LogP contribution in [0.25, 0.3) is 16.0 Å². The molecular weight excluding hydrogens is 483 g/mol. The number of ether oxygens (including phenoxy) is 2. The third kappa shape index (κ3) is 4.07. The molecule has 1 N–H and O–H groups in total. The molecule has 1 aliphatic heterocycles. The minimum Gasteiger partial charge on any atom is -0.507 e. The molecule has 0 bridgehead atoms. The molecule has 1 atom stereocenters. The monoisotopic (exact) mass is 504 g/mol. The van der Waals surface area contributed by atoms with Crippen molar-refractivity contribution in [2.24, 2.45) is 0 Å². The average Bonchev–Trinajstić information content (AvgIpc) is 3.42. The zero-order chi connectivity index (χ0) is 25.4. The van der Waals surface area contributed by atoms with Gasteiger partial charge in [0.1, 0.15) is 23.1 Å². The number of fused-ring (bicyclic) bond motifs is 1. The van der Waals surface area contributed by atoms with Crippen LogP contribution < -0.4 is 14.4 Å². The number of methoxy groups -OCH3 is 1. The number of halogens is 1. The Hall–Kier alpha value is -4.24. The maximum atomic E-state index is 13.8. The van der Waals surface area contributed by atoms with Crippen molar-refractivity contribution < 1.29 is 28.6 Å². The van der Waals surface area contributed by atoms with Gasteiger partial charge in [0.05, 0.1) is 35.5 Å². The lowest BCUT2D eigenvalue weighted by Crippen LogP contribution is -2.29. The van der Waals surface area contributed by atoms with Gasteiger partial charge in [-0.15, -0.1) is 0 Å². The van der Waals surface area contributed by atoms with Crippen LogP contribution in [0.15, 0.2) is 72.3 Å². The maximum absolute atomic E-state index is 13.8. The average molecular weight is 505 g/mol. The molecule has 0 unspecified atom stereocenters. The highest BCUT2D eigenvalue weighted by molar-refractivity contribution is 7.22. The van der Waals surface area contributed by atoms with E-state index in [4.69, 9.17) is 9.47 Å². The maximum Gasteiger partial charge on any atom is 0.301 e. The largest absolute Gasteiger partial charge is 0.507 e. The molecule has 2 heterocycles. The fourth-order valence-electron chi connectivity index (χ4n) is 4.18. The van der Waals surface area contributed by atoms with Gasteiger partial charge in [0, 0.05) is 5.56 Å². The van der Waals surface area contributed by atoms with Crippen LogP contribution in [0.4, 0.5) is 9.52 Å². The molecule has 0 spiro atoms. The molecule has 1 amide bonds. The Morgan fingerprint density at radius 2 is 1.86 bits per heavy atom. The van der Waals surface area contributed by atoms with E-state index < -0.39 is 23.5 Å². The van der Waals surface area contributed by atoms with Crippen molar-refractivity contribution in [1.82, 2.24) is 4.98 Å². The number of rotatable bonds is 6. The Labute approximate surface area is 210 Å². The molecule has 36 heavy (non-hydrogen) atoms. The minimum atomic E-state index is -0.975. The van der Waals surface area contributed by atoms with Gasteiger partial charge in [-0.3, -0.25) is 14.5 Å². The summed E-state index contributed by atoms with van der Waals surface area (Å²) in [5.41, 5.74) is 1.32. The predicted molar refractivity (Wildman–Crippen MR) is 135 cm³/mol. The zero-order valence-corrected chi connectivity index (χ0v) is 20.2. The van der Waals surface area contributed by atoms with Gasteiger partial charge in [0.15, 0.2) is 5.13 Å². The van der Waals surface area contributed by atoms with Crippen molar-refractivity contribution >= 4 is 44.1 Å². The van der Waals surface area contributed by atoms with E-state index in [9.17, 15) is 19.1 Å². The number of Topliss-reactive ketones (excluding diaryl/α,β-unsaturated/α-hetero) is 1. The van der Waals surface area contributed by atoms with Gasteiger partial charge in [0.25, 0.3) is 5.78 Å². The lowest BCUT2D eigenvalue weighted by Gasteiger charge is -2.23. The van der Waals surface area contributed by atoms with Crippen molar-refractivity contribution in [3.05, 3.63) is 89.2 Å². The Bertz CT molecular complexity index is 1510. The van der Waals surface area contributed by atoms with Crippen molar-refractivity contribution in [3.63, 3.8) is 0 Å². The highest BCUT2D eigenvalue weighted by atomic mass is 32.1. The number of hydrogen-bond donors (Lipinski definition) is 1.